The third-order valence-corrected chi connectivity index (χ3v) is 5.29. The first kappa shape index (κ1) is 20.9. The molecule has 1 aliphatic heterocycles. The summed E-state index contributed by atoms with van der Waals surface area (Å²) in [6.45, 7) is 1.43. The quantitative estimate of drug-likeness (QED) is 0.708. The van der Waals surface area contributed by atoms with Crippen LogP contribution in [-0.4, -0.2) is 50.6 Å². The Kier molecular flexibility index (Phi) is 7.25. The number of benzene rings is 2. The van der Waals surface area contributed by atoms with E-state index in [1.54, 1.807) is 19.1 Å². The van der Waals surface area contributed by atoms with Crippen molar-refractivity contribution in [2.75, 3.05) is 33.9 Å². The molecule has 0 aromatic heterocycles. The van der Waals surface area contributed by atoms with Crippen LogP contribution in [0.3, 0.4) is 0 Å². The van der Waals surface area contributed by atoms with E-state index in [-0.39, 0.29) is 24.3 Å². The maximum absolute atomic E-state index is 13.0. The molecule has 1 fully saturated rings. The molecule has 1 heterocycles. The Morgan fingerprint density at radius 3 is 2.66 bits per heavy atom. The third kappa shape index (κ3) is 5.15. The molecule has 0 bridgehead atoms. The summed E-state index contributed by atoms with van der Waals surface area (Å²) in [4.78, 5) is 27.4. The van der Waals surface area contributed by atoms with Crippen LogP contribution < -0.4 is 10.1 Å². The summed E-state index contributed by atoms with van der Waals surface area (Å²) >= 11 is 0. The van der Waals surface area contributed by atoms with Crippen LogP contribution in [0.5, 0.6) is 5.75 Å². The number of methoxy groups -OCH3 is 2. The highest BCUT2D eigenvalue weighted by Crippen LogP contribution is 2.38. The Bertz CT molecular complexity index is 825. The summed E-state index contributed by atoms with van der Waals surface area (Å²) in [5.74, 6) is 0.291. The molecule has 2 aromatic rings. The first-order chi connectivity index (χ1) is 14.1. The van der Waals surface area contributed by atoms with Crippen LogP contribution >= 0.6 is 0 Å². The van der Waals surface area contributed by atoms with Gasteiger partial charge in [0.2, 0.25) is 11.8 Å². The highest BCUT2D eigenvalue weighted by molar-refractivity contribution is 5.90. The van der Waals surface area contributed by atoms with Crippen LogP contribution in [0, 0.1) is 5.92 Å². The predicted molar refractivity (Wildman–Crippen MR) is 111 cm³/mol. The summed E-state index contributed by atoms with van der Waals surface area (Å²) in [5.41, 5.74) is 2.07. The van der Waals surface area contributed by atoms with Crippen LogP contribution in [0.25, 0.3) is 0 Å². The van der Waals surface area contributed by atoms with Crippen molar-refractivity contribution in [3.05, 3.63) is 65.7 Å². The molecule has 0 aliphatic carbocycles. The van der Waals surface area contributed by atoms with Gasteiger partial charge in [0.25, 0.3) is 0 Å². The van der Waals surface area contributed by atoms with Gasteiger partial charge in [0, 0.05) is 26.6 Å². The van der Waals surface area contributed by atoms with Gasteiger partial charge in [0.1, 0.15) is 5.75 Å². The van der Waals surface area contributed by atoms with Crippen molar-refractivity contribution in [2.24, 2.45) is 5.92 Å². The molecule has 0 radical (unpaired) electrons. The van der Waals surface area contributed by atoms with E-state index >= 15 is 0 Å². The van der Waals surface area contributed by atoms with E-state index in [9.17, 15) is 9.59 Å². The number of carbonyl (C=O) groups excluding carboxylic acids is 2. The number of hydrogen-bond acceptors (Lipinski definition) is 4. The van der Waals surface area contributed by atoms with E-state index in [0.717, 1.165) is 16.9 Å². The fourth-order valence-corrected chi connectivity index (χ4v) is 3.83. The molecule has 1 saturated heterocycles. The fraction of sp³-hybridized carbons (Fsp3) is 0.391. The average Bonchev–Trinajstić information content (AvgIpc) is 3.09. The lowest BCUT2D eigenvalue weighted by molar-refractivity contribution is -0.129. The molecule has 0 spiro atoms. The molecule has 1 aliphatic rings. The summed E-state index contributed by atoms with van der Waals surface area (Å²) in [7, 11) is 3.25. The van der Waals surface area contributed by atoms with Crippen molar-refractivity contribution < 1.29 is 19.1 Å². The number of nitrogens with one attached hydrogen (secondary N) is 1. The molecular weight excluding hydrogens is 368 g/mol. The number of nitrogens with zero attached hydrogens (tertiary/aromatic N) is 1. The van der Waals surface area contributed by atoms with Crippen LogP contribution in [-0.2, 0) is 20.7 Å². The monoisotopic (exact) mass is 396 g/mol. The minimum absolute atomic E-state index is 0.0103. The molecule has 1 N–H and O–H groups in total. The molecule has 0 saturated carbocycles. The fourth-order valence-electron chi connectivity index (χ4n) is 3.83. The molecule has 6 heteroatoms. The zero-order valence-electron chi connectivity index (χ0n) is 17.0. The number of likely N-dealkylation sites (tertiary alicyclic amines) is 1. The highest BCUT2D eigenvalue weighted by atomic mass is 16.5. The van der Waals surface area contributed by atoms with Crippen molar-refractivity contribution >= 4 is 11.8 Å². The van der Waals surface area contributed by atoms with Gasteiger partial charge in [-0.25, -0.2) is 0 Å². The van der Waals surface area contributed by atoms with Crippen molar-refractivity contribution in [1.82, 2.24) is 10.2 Å². The predicted octanol–water partition coefficient (Wildman–Crippen LogP) is 2.59. The second kappa shape index (κ2) is 10.1. The second-order valence-corrected chi connectivity index (χ2v) is 7.14. The largest absolute Gasteiger partial charge is 0.497 e. The van der Waals surface area contributed by atoms with Crippen molar-refractivity contribution in [3.63, 3.8) is 0 Å². The van der Waals surface area contributed by atoms with Crippen molar-refractivity contribution in [2.45, 2.75) is 18.9 Å². The maximum atomic E-state index is 13.0. The Labute approximate surface area is 171 Å². The Hall–Kier alpha value is -2.86. The lowest BCUT2D eigenvalue weighted by Crippen LogP contribution is -2.37. The Balaban J connectivity index is 1.67. The van der Waals surface area contributed by atoms with Crippen molar-refractivity contribution in [3.8, 4) is 5.75 Å². The molecule has 2 aromatic carbocycles. The first-order valence-corrected chi connectivity index (χ1v) is 9.88. The van der Waals surface area contributed by atoms with Gasteiger partial charge in [-0.3, -0.25) is 9.59 Å². The van der Waals surface area contributed by atoms with E-state index < -0.39 is 5.92 Å². The van der Waals surface area contributed by atoms with E-state index in [4.69, 9.17) is 9.47 Å². The SMILES string of the molecule is COCCN1C(=O)C[C@@H](C(=O)NCCc2cccc(OC)c2)[C@@H]1c1ccccc1. The van der Waals surface area contributed by atoms with Gasteiger partial charge in [-0.2, -0.15) is 0 Å². The number of rotatable bonds is 9. The molecule has 6 nitrogen and oxygen atoms in total. The van der Waals surface area contributed by atoms with Crippen molar-refractivity contribution in [1.29, 1.82) is 0 Å². The molecule has 2 atom stereocenters. The van der Waals surface area contributed by atoms with Gasteiger partial charge in [-0.05, 0) is 29.7 Å². The standard InChI is InChI=1S/C23H28N2O4/c1-28-14-13-25-21(26)16-20(22(25)18-8-4-3-5-9-18)23(27)24-12-11-17-7-6-10-19(15-17)29-2/h3-10,15,20,22H,11-14,16H2,1-2H3,(H,24,27)/t20-,22+/m1/s1. The smallest absolute Gasteiger partial charge is 0.226 e. The van der Waals surface area contributed by atoms with Crippen LogP contribution in [0.4, 0.5) is 0 Å². The number of hydrogen-bond donors (Lipinski definition) is 1. The van der Waals surface area contributed by atoms with E-state index in [2.05, 4.69) is 5.32 Å². The summed E-state index contributed by atoms with van der Waals surface area (Å²) in [6, 6.07) is 17.3. The first-order valence-electron chi connectivity index (χ1n) is 9.88. The van der Waals surface area contributed by atoms with Gasteiger partial charge >= 0.3 is 0 Å². The summed E-state index contributed by atoms with van der Waals surface area (Å²) in [6.07, 6.45) is 0.918. The van der Waals surface area contributed by atoms with Gasteiger partial charge in [-0.1, -0.05) is 42.5 Å². The van der Waals surface area contributed by atoms with Gasteiger partial charge in [-0.15, -0.1) is 0 Å². The Morgan fingerprint density at radius 2 is 1.93 bits per heavy atom. The number of carbonyl (C=O) groups is 2. The maximum Gasteiger partial charge on any atom is 0.226 e. The number of ether oxygens (including phenoxy) is 2. The lowest BCUT2D eigenvalue weighted by atomic mass is 9.92. The molecule has 2 amide bonds. The molecule has 3 rings (SSSR count). The van der Waals surface area contributed by atoms with E-state index in [1.807, 2.05) is 54.6 Å². The third-order valence-electron chi connectivity index (χ3n) is 5.29. The molecule has 0 unspecified atom stereocenters. The molecular formula is C23H28N2O4. The number of amides is 2. The van der Waals surface area contributed by atoms with Crippen LogP contribution in [0.15, 0.2) is 54.6 Å². The normalized spacial score (nSPS) is 18.7. The zero-order valence-corrected chi connectivity index (χ0v) is 17.0. The average molecular weight is 396 g/mol. The minimum Gasteiger partial charge on any atom is -0.497 e. The van der Waals surface area contributed by atoms with E-state index in [0.29, 0.717) is 26.1 Å². The topological polar surface area (TPSA) is 67.9 Å². The van der Waals surface area contributed by atoms with Gasteiger partial charge in [0.05, 0.1) is 25.7 Å². The van der Waals surface area contributed by atoms with Crippen LogP contribution in [0.1, 0.15) is 23.6 Å². The van der Waals surface area contributed by atoms with Gasteiger partial charge in [0.15, 0.2) is 0 Å². The molecule has 29 heavy (non-hydrogen) atoms. The zero-order chi connectivity index (χ0) is 20.6. The molecule has 154 valence electrons. The van der Waals surface area contributed by atoms with Gasteiger partial charge < -0.3 is 19.7 Å². The second-order valence-electron chi connectivity index (χ2n) is 7.14. The summed E-state index contributed by atoms with van der Waals surface area (Å²) < 4.78 is 10.4. The summed E-state index contributed by atoms with van der Waals surface area (Å²) in [5, 5.41) is 3.02. The minimum atomic E-state index is -0.410. The van der Waals surface area contributed by atoms with Crippen LogP contribution in [0.2, 0.25) is 0 Å². The Morgan fingerprint density at radius 1 is 1.14 bits per heavy atom. The highest BCUT2D eigenvalue weighted by Gasteiger charge is 2.44. The van der Waals surface area contributed by atoms with E-state index in [1.165, 1.54) is 0 Å². The lowest BCUT2D eigenvalue weighted by Gasteiger charge is -2.28.